The van der Waals surface area contributed by atoms with E-state index in [1.54, 1.807) is 7.11 Å². The fourth-order valence-corrected chi connectivity index (χ4v) is 2.60. The highest BCUT2D eigenvalue weighted by atomic mass is 16.5. The van der Waals surface area contributed by atoms with Gasteiger partial charge in [0.1, 0.15) is 5.75 Å². The second-order valence-electron chi connectivity index (χ2n) is 6.05. The topological polar surface area (TPSA) is 57.8 Å². The number of rotatable bonds is 4. The number of benzene rings is 2. The Morgan fingerprint density at radius 1 is 1.00 bits per heavy atom. The molecular formula is C21H21N3O. The molecule has 1 aliphatic rings. The van der Waals surface area contributed by atoms with Crippen LogP contribution in [-0.2, 0) is 0 Å². The lowest BCUT2D eigenvalue weighted by atomic mass is 9.95. The fourth-order valence-electron chi connectivity index (χ4n) is 2.60. The van der Waals surface area contributed by atoms with Gasteiger partial charge in [-0.3, -0.25) is 0 Å². The monoisotopic (exact) mass is 331 g/mol. The Bertz CT molecular complexity index is 844. The van der Waals surface area contributed by atoms with Crippen molar-refractivity contribution in [1.82, 2.24) is 0 Å². The molecule has 0 amide bonds. The number of azo groups is 1. The standard InChI is InChI=1S/C21H21N3O/c1-15-3-8-19(9-4-15)23-24-21-12-7-18(22)14-17(21)13-16-5-10-20(25-2)11-6-16/h3-6,8-13,22H,7,14H2,1-2H3. The molecule has 25 heavy (non-hydrogen) atoms. The molecule has 0 aromatic heterocycles. The van der Waals surface area contributed by atoms with E-state index in [4.69, 9.17) is 10.1 Å². The summed E-state index contributed by atoms with van der Waals surface area (Å²) in [5, 5.41) is 16.7. The third-order valence-corrected chi connectivity index (χ3v) is 4.04. The first-order chi connectivity index (χ1) is 12.1. The van der Waals surface area contributed by atoms with Crippen molar-refractivity contribution in [2.75, 3.05) is 7.11 Å². The van der Waals surface area contributed by atoms with E-state index >= 15 is 0 Å². The van der Waals surface area contributed by atoms with Gasteiger partial charge in [-0.1, -0.05) is 35.9 Å². The van der Waals surface area contributed by atoms with E-state index in [0.717, 1.165) is 28.3 Å². The maximum absolute atomic E-state index is 7.98. The number of allylic oxidation sites excluding steroid dienone is 2. The predicted molar refractivity (Wildman–Crippen MR) is 102 cm³/mol. The number of hydrogen-bond donors (Lipinski definition) is 1. The maximum Gasteiger partial charge on any atom is 0.118 e. The zero-order valence-electron chi connectivity index (χ0n) is 14.5. The van der Waals surface area contributed by atoms with Crippen LogP contribution < -0.4 is 4.74 Å². The van der Waals surface area contributed by atoms with Crippen LogP contribution in [0.25, 0.3) is 6.08 Å². The van der Waals surface area contributed by atoms with Crippen LogP contribution in [0.2, 0.25) is 0 Å². The fraction of sp³-hybridized carbons (Fsp3) is 0.190. The third kappa shape index (κ3) is 4.51. The molecule has 0 saturated carbocycles. The molecule has 0 fully saturated rings. The van der Waals surface area contributed by atoms with Crippen molar-refractivity contribution in [3.8, 4) is 5.75 Å². The van der Waals surface area contributed by atoms with E-state index in [0.29, 0.717) is 18.6 Å². The summed E-state index contributed by atoms with van der Waals surface area (Å²) in [4.78, 5) is 0. The van der Waals surface area contributed by atoms with Crippen LogP contribution in [-0.4, -0.2) is 12.8 Å². The van der Waals surface area contributed by atoms with Gasteiger partial charge in [0.2, 0.25) is 0 Å². The average molecular weight is 331 g/mol. The highest BCUT2D eigenvalue weighted by molar-refractivity contribution is 5.89. The molecule has 2 aromatic rings. The Labute approximate surface area is 148 Å². The van der Waals surface area contributed by atoms with Crippen molar-refractivity contribution in [2.24, 2.45) is 10.2 Å². The number of aryl methyl sites for hydroxylation is 1. The summed E-state index contributed by atoms with van der Waals surface area (Å²) in [5.74, 6) is 0.827. The second-order valence-corrected chi connectivity index (χ2v) is 6.05. The smallest absolute Gasteiger partial charge is 0.118 e. The number of ether oxygens (including phenoxy) is 1. The van der Waals surface area contributed by atoms with Crippen molar-refractivity contribution in [3.05, 3.63) is 77.0 Å². The Morgan fingerprint density at radius 2 is 1.72 bits per heavy atom. The summed E-state index contributed by atoms with van der Waals surface area (Å²) in [5.41, 5.74) is 5.63. The van der Waals surface area contributed by atoms with Gasteiger partial charge in [0.25, 0.3) is 0 Å². The normalized spacial score (nSPS) is 16.3. The number of hydrogen-bond acceptors (Lipinski definition) is 4. The summed E-state index contributed by atoms with van der Waals surface area (Å²) in [7, 11) is 1.65. The Balaban J connectivity index is 1.85. The minimum absolute atomic E-state index is 0.602. The van der Waals surface area contributed by atoms with E-state index in [1.807, 2.05) is 61.5 Å². The molecule has 4 heteroatoms. The summed E-state index contributed by atoms with van der Waals surface area (Å²) in [6, 6.07) is 15.8. The average Bonchev–Trinajstić information content (AvgIpc) is 2.63. The number of nitrogens with one attached hydrogen (secondary N) is 1. The Kier molecular flexibility index (Phi) is 5.19. The van der Waals surface area contributed by atoms with Gasteiger partial charge in [-0.2, -0.15) is 10.2 Å². The van der Waals surface area contributed by atoms with Crippen LogP contribution in [0.15, 0.2) is 76.1 Å². The van der Waals surface area contributed by atoms with Crippen LogP contribution in [0.4, 0.5) is 5.69 Å². The van der Waals surface area contributed by atoms with E-state index in [-0.39, 0.29) is 0 Å². The first-order valence-corrected chi connectivity index (χ1v) is 8.24. The Morgan fingerprint density at radius 3 is 2.40 bits per heavy atom. The van der Waals surface area contributed by atoms with Crippen LogP contribution >= 0.6 is 0 Å². The van der Waals surface area contributed by atoms with Crippen molar-refractivity contribution < 1.29 is 4.74 Å². The molecule has 0 bridgehead atoms. The first kappa shape index (κ1) is 16.8. The molecule has 126 valence electrons. The molecule has 0 radical (unpaired) electrons. The van der Waals surface area contributed by atoms with Gasteiger partial charge in [0, 0.05) is 18.6 Å². The molecule has 0 aliphatic heterocycles. The van der Waals surface area contributed by atoms with Crippen LogP contribution in [0.1, 0.15) is 24.0 Å². The van der Waals surface area contributed by atoms with Gasteiger partial charge in [0.05, 0.1) is 18.5 Å². The van der Waals surface area contributed by atoms with Crippen LogP contribution in [0.3, 0.4) is 0 Å². The molecule has 1 aliphatic carbocycles. The van der Waals surface area contributed by atoms with Gasteiger partial charge in [-0.15, -0.1) is 0 Å². The van der Waals surface area contributed by atoms with E-state index in [1.165, 1.54) is 5.56 Å². The van der Waals surface area contributed by atoms with Crippen molar-refractivity contribution in [3.63, 3.8) is 0 Å². The van der Waals surface area contributed by atoms with Crippen molar-refractivity contribution in [1.29, 1.82) is 5.41 Å². The molecule has 3 rings (SSSR count). The lowest BCUT2D eigenvalue weighted by Gasteiger charge is -2.14. The predicted octanol–water partition coefficient (Wildman–Crippen LogP) is 5.87. The highest BCUT2D eigenvalue weighted by Gasteiger charge is 2.14. The molecule has 0 atom stereocenters. The van der Waals surface area contributed by atoms with Crippen LogP contribution in [0.5, 0.6) is 5.75 Å². The Hall–Kier alpha value is -3.01. The van der Waals surface area contributed by atoms with Gasteiger partial charge >= 0.3 is 0 Å². The summed E-state index contributed by atoms with van der Waals surface area (Å²) < 4.78 is 5.19. The molecular weight excluding hydrogens is 310 g/mol. The summed E-state index contributed by atoms with van der Waals surface area (Å²) >= 11 is 0. The molecule has 0 heterocycles. The SMILES string of the molecule is COc1ccc(C=C2CC(=N)CC=C2N=Nc2ccc(C)cc2)cc1. The largest absolute Gasteiger partial charge is 0.497 e. The molecule has 2 aromatic carbocycles. The first-order valence-electron chi connectivity index (χ1n) is 8.24. The van der Waals surface area contributed by atoms with Gasteiger partial charge in [-0.25, -0.2) is 0 Å². The third-order valence-electron chi connectivity index (χ3n) is 4.04. The minimum Gasteiger partial charge on any atom is -0.497 e. The second kappa shape index (κ2) is 7.71. The quantitative estimate of drug-likeness (QED) is 0.700. The zero-order chi connectivity index (χ0) is 17.6. The lowest BCUT2D eigenvalue weighted by Crippen LogP contribution is -2.05. The van der Waals surface area contributed by atoms with Crippen LogP contribution in [0, 0.1) is 12.3 Å². The van der Waals surface area contributed by atoms with Gasteiger partial charge in [0.15, 0.2) is 0 Å². The van der Waals surface area contributed by atoms with E-state index in [2.05, 4.69) is 16.3 Å². The lowest BCUT2D eigenvalue weighted by molar-refractivity contribution is 0.415. The highest BCUT2D eigenvalue weighted by Crippen LogP contribution is 2.27. The minimum atomic E-state index is 0.602. The van der Waals surface area contributed by atoms with E-state index in [9.17, 15) is 0 Å². The molecule has 0 spiro atoms. The van der Waals surface area contributed by atoms with Crippen molar-refractivity contribution in [2.45, 2.75) is 19.8 Å². The number of nitrogens with zero attached hydrogens (tertiary/aromatic N) is 2. The molecule has 0 unspecified atom stereocenters. The van der Waals surface area contributed by atoms with Gasteiger partial charge < -0.3 is 10.1 Å². The molecule has 4 nitrogen and oxygen atoms in total. The molecule has 0 saturated heterocycles. The summed E-state index contributed by atoms with van der Waals surface area (Å²) in [6.45, 7) is 2.05. The van der Waals surface area contributed by atoms with Crippen molar-refractivity contribution >= 4 is 17.5 Å². The number of methoxy groups -OCH3 is 1. The molecule has 1 N–H and O–H groups in total. The summed E-state index contributed by atoms with van der Waals surface area (Å²) in [6.07, 6.45) is 5.26. The zero-order valence-corrected chi connectivity index (χ0v) is 14.5. The van der Waals surface area contributed by atoms with E-state index < -0.39 is 0 Å². The van der Waals surface area contributed by atoms with Gasteiger partial charge in [-0.05, 0) is 48.4 Å². The maximum atomic E-state index is 7.98.